The molecule has 0 bridgehead atoms. The molecule has 0 unspecified atom stereocenters. The van der Waals surface area contributed by atoms with Gasteiger partial charge in [-0.3, -0.25) is 4.79 Å². The number of hydrogen-bond donors (Lipinski definition) is 0. The standard InChI is InChI=1S/C12H13ClFNO/c1-3-7-15(9(2)16)8-10-11(13)5-4-6-12(10)14/h3-6H,1,7-8H2,2H3. The number of rotatable bonds is 4. The highest BCUT2D eigenvalue weighted by molar-refractivity contribution is 6.31. The van der Waals surface area contributed by atoms with Crippen LogP contribution in [0.2, 0.25) is 5.02 Å². The van der Waals surface area contributed by atoms with Gasteiger partial charge in [0.1, 0.15) is 5.82 Å². The lowest BCUT2D eigenvalue weighted by atomic mass is 10.2. The molecule has 0 radical (unpaired) electrons. The highest BCUT2D eigenvalue weighted by Crippen LogP contribution is 2.20. The molecule has 0 aliphatic carbocycles. The normalized spacial score (nSPS) is 9.94. The predicted octanol–water partition coefficient (Wildman–Crippen LogP) is 3.01. The topological polar surface area (TPSA) is 20.3 Å². The Kier molecular flexibility index (Phi) is 4.50. The maximum absolute atomic E-state index is 13.5. The average molecular weight is 242 g/mol. The molecule has 1 aromatic carbocycles. The van der Waals surface area contributed by atoms with E-state index in [0.29, 0.717) is 17.1 Å². The minimum Gasteiger partial charge on any atom is -0.335 e. The Morgan fingerprint density at radius 2 is 2.31 bits per heavy atom. The van der Waals surface area contributed by atoms with Gasteiger partial charge in [-0.1, -0.05) is 23.7 Å². The second-order valence-corrected chi connectivity index (χ2v) is 3.80. The summed E-state index contributed by atoms with van der Waals surface area (Å²) in [6, 6.07) is 4.46. The molecular weight excluding hydrogens is 229 g/mol. The van der Waals surface area contributed by atoms with Crippen LogP contribution in [0.3, 0.4) is 0 Å². The Morgan fingerprint density at radius 1 is 1.62 bits per heavy atom. The van der Waals surface area contributed by atoms with E-state index in [0.717, 1.165) is 0 Å². The van der Waals surface area contributed by atoms with Gasteiger partial charge in [0.25, 0.3) is 0 Å². The van der Waals surface area contributed by atoms with Crippen molar-refractivity contribution in [1.82, 2.24) is 4.90 Å². The maximum Gasteiger partial charge on any atom is 0.220 e. The molecule has 4 heteroatoms. The van der Waals surface area contributed by atoms with E-state index in [1.807, 2.05) is 0 Å². The van der Waals surface area contributed by atoms with E-state index < -0.39 is 5.82 Å². The summed E-state index contributed by atoms with van der Waals surface area (Å²) in [4.78, 5) is 12.7. The molecule has 16 heavy (non-hydrogen) atoms. The molecule has 0 heterocycles. The van der Waals surface area contributed by atoms with Gasteiger partial charge in [0, 0.05) is 24.1 Å². The lowest BCUT2D eigenvalue weighted by Crippen LogP contribution is -2.28. The molecule has 1 rings (SSSR count). The summed E-state index contributed by atoms with van der Waals surface area (Å²) in [6.45, 7) is 5.51. The summed E-state index contributed by atoms with van der Waals surface area (Å²) in [5.74, 6) is -0.540. The van der Waals surface area contributed by atoms with Crippen LogP contribution in [-0.4, -0.2) is 17.4 Å². The molecule has 1 amide bonds. The van der Waals surface area contributed by atoms with Crippen LogP contribution in [0.15, 0.2) is 30.9 Å². The fourth-order valence-corrected chi connectivity index (χ4v) is 1.56. The van der Waals surface area contributed by atoms with E-state index in [1.54, 1.807) is 12.1 Å². The average Bonchev–Trinajstić information content (AvgIpc) is 2.21. The van der Waals surface area contributed by atoms with E-state index in [2.05, 4.69) is 6.58 Å². The predicted molar refractivity (Wildman–Crippen MR) is 62.7 cm³/mol. The SMILES string of the molecule is C=CCN(Cc1c(F)cccc1Cl)C(C)=O. The number of carbonyl (C=O) groups is 1. The van der Waals surface area contributed by atoms with Gasteiger partial charge in [-0.05, 0) is 12.1 Å². The van der Waals surface area contributed by atoms with Crippen LogP contribution in [0.4, 0.5) is 4.39 Å². The molecule has 0 saturated heterocycles. The molecular formula is C12H13ClFNO. The number of hydrogen-bond acceptors (Lipinski definition) is 1. The zero-order chi connectivity index (χ0) is 12.1. The van der Waals surface area contributed by atoms with Crippen LogP contribution in [0.25, 0.3) is 0 Å². The van der Waals surface area contributed by atoms with Crippen molar-refractivity contribution in [3.8, 4) is 0 Å². The summed E-state index contributed by atoms with van der Waals surface area (Å²) >= 11 is 5.87. The van der Waals surface area contributed by atoms with Crippen molar-refractivity contribution in [2.45, 2.75) is 13.5 Å². The first-order chi connectivity index (χ1) is 7.56. The Labute approximate surface area is 99.3 Å². The number of halogens is 2. The van der Waals surface area contributed by atoms with Gasteiger partial charge in [-0.2, -0.15) is 0 Å². The van der Waals surface area contributed by atoms with Crippen molar-refractivity contribution in [3.05, 3.63) is 47.3 Å². The zero-order valence-corrected chi connectivity index (χ0v) is 9.80. The molecule has 2 nitrogen and oxygen atoms in total. The van der Waals surface area contributed by atoms with Crippen LogP contribution >= 0.6 is 11.6 Å². The fraction of sp³-hybridized carbons (Fsp3) is 0.250. The summed E-state index contributed by atoms with van der Waals surface area (Å²) in [5.41, 5.74) is 0.334. The van der Waals surface area contributed by atoms with Gasteiger partial charge in [-0.25, -0.2) is 4.39 Å². The van der Waals surface area contributed by atoms with Gasteiger partial charge in [0.15, 0.2) is 0 Å². The highest BCUT2D eigenvalue weighted by Gasteiger charge is 2.13. The molecule has 0 fully saturated rings. The van der Waals surface area contributed by atoms with Crippen LogP contribution in [-0.2, 0) is 11.3 Å². The summed E-state index contributed by atoms with van der Waals surface area (Å²) < 4.78 is 13.5. The van der Waals surface area contributed by atoms with E-state index in [4.69, 9.17) is 11.6 Å². The first-order valence-corrected chi connectivity index (χ1v) is 5.23. The Morgan fingerprint density at radius 3 is 2.81 bits per heavy atom. The molecule has 86 valence electrons. The van der Waals surface area contributed by atoms with Gasteiger partial charge < -0.3 is 4.90 Å². The minimum absolute atomic E-state index is 0.140. The molecule has 1 aromatic rings. The van der Waals surface area contributed by atoms with Crippen molar-refractivity contribution >= 4 is 17.5 Å². The van der Waals surface area contributed by atoms with Gasteiger partial charge >= 0.3 is 0 Å². The molecule has 0 aromatic heterocycles. The van der Waals surface area contributed by atoms with Gasteiger partial charge in [0.05, 0.1) is 6.54 Å². The Hall–Kier alpha value is -1.35. The summed E-state index contributed by atoms with van der Waals surface area (Å²) in [5, 5.41) is 0.329. The fourth-order valence-electron chi connectivity index (χ4n) is 1.33. The van der Waals surface area contributed by atoms with E-state index in [-0.39, 0.29) is 12.5 Å². The molecule has 0 N–H and O–H groups in total. The minimum atomic E-state index is -0.400. The van der Waals surface area contributed by atoms with Crippen molar-refractivity contribution < 1.29 is 9.18 Å². The second kappa shape index (κ2) is 5.66. The van der Waals surface area contributed by atoms with Crippen LogP contribution in [0, 0.1) is 5.82 Å². The second-order valence-electron chi connectivity index (χ2n) is 3.39. The quantitative estimate of drug-likeness (QED) is 0.742. The molecule has 0 aliphatic heterocycles. The zero-order valence-electron chi connectivity index (χ0n) is 9.04. The van der Waals surface area contributed by atoms with Crippen LogP contribution in [0.1, 0.15) is 12.5 Å². The number of benzene rings is 1. The third-order valence-corrected chi connectivity index (χ3v) is 2.56. The lowest BCUT2D eigenvalue weighted by molar-refractivity contribution is -0.128. The smallest absolute Gasteiger partial charge is 0.220 e. The van der Waals surface area contributed by atoms with E-state index in [1.165, 1.54) is 24.0 Å². The van der Waals surface area contributed by atoms with Crippen molar-refractivity contribution in [1.29, 1.82) is 0 Å². The number of carbonyl (C=O) groups excluding carboxylic acids is 1. The van der Waals surface area contributed by atoms with Gasteiger partial charge in [-0.15, -0.1) is 6.58 Å². The third-order valence-electron chi connectivity index (χ3n) is 2.21. The van der Waals surface area contributed by atoms with Crippen molar-refractivity contribution in [2.75, 3.05) is 6.54 Å². The molecule has 0 atom stereocenters. The monoisotopic (exact) mass is 241 g/mol. The first-order valence-electron chi connectivity index (χ1n) is 4.85. The maximum atomic E-state index is 13.5. The largest absolute Gasteiger partial charge is 0.335 e. The van der Waals surface area contributed by atoms with Crippen molar-refractivity contribution in [3.63, 3.8) is 0 Å². The molecule has 0 aliphatic rings. The Bertz CT molecular complexity index is 386. The molecule has 0 saturated carbocycles. The molecule has 0 spiro atoms. The van der Waals surface area contributed by atoms with Crippen molar-refractivity contribution in [2.24, 2.45) is 0 Å². The third kappa shape index (κ3) is 3.07. The van der Waals surface area contributed by atoms with E-state index >= 15 is 0 Å². The number of nitrogens with zero attached hydrogens (tertiary/aromatic N) is 1. The summed E-state index contributed by atoms with van der Waals surface area (Å²) in [7, 11) is 0. The first kappa shape index (κ1) is 12.7. The highest BCUT2D eigenvalue weighted by atomic mass is 35.5. The van der Waals surface area contributed by atoms with Gasteiger partial charge in [0.2, 0.25) is 5.91 Å². The van der Waals surface area contributed by atoms with Crippen LogP contribution < -0.4 is 0 Å². The summed E-state index contributed by atoms with van der Waals surface area (Å²) in [6.07, 6.45) is 1.59. The Balaban J connectivity index is 2.93. The number of amides is 1. The van der Waals surface area contributed by atoms with Crippen LogP contribution in [0.5, 0.6) is 0 Å². The lowest BCUT2D eigenvalue weighted by Gasteiger charge is -2.20. The van der Waals surface area contributed by atoms with E-state index in [9.17, 15) is 9.18 Å².